The van der Waals surface area contributed by atoms with Gasteiger partial charge in [-0.25, -0.2) is 4.68 Å². The molecule has 0 atom stereocenters. The van der Waals surface area contributed by atoms with Gasteiger partial charge in [-0.3, -0.25) is 0 Å². The Morgan fingerprint density at radius 2 is 1.82 bits per heavy atom. The molecule has 1 aromatic heterocycles. The van der Waals surface area contributed by atoms with Crippen LogP contribution in [0, 0.1) is 13.8 Å². The maximum absolute atomic E-state index is 10.0. The van der Waals surface area contributed by atoms with E-state index in [2.05, 4.69) is 18.1 Å². The molecule has 2 aromatic rings. The van der Waals surface area contributed by atoms with E-state index in [0.29, 0.717) is 0 Å². The number of para-hydroxylation sites is 1. The number of nitrogens with zero attached hydrogens (tertiary/aromatic N) is 2. The second-order valence-electron chi connectivity index (χ2n) is 4.90. The number of hydrogen-bond acceptors (Lipinski definition) is 2. The van der Waals surface area contributed by atoms with Crippen molar-refractivity contribution in [3.05, 3.63) is 47.3 Å². The Hall–Kier alpha value is -1.61. The van der Waals surface area contributed by atoms with E-state index in [1.807, 2.05) is 29.8 Å². The standard InChI is InChI=1S/C14H18N2O/c1-10-7-5-6-8-13(10)16-11(2)12(9-15-16)14(3,4)17/h5-9,17H,1-4H3. The van der Waals surface area contributed by atoms with Crippen LogP contribution in [0.25, 0.3) is 5.69 Å². The van der Waals surface area contributed by atoms with Crippen molar-refractivity contribution in [1.29, 1.82) is 0 Å². The molecule has 0 saturated carbocycles. The van der Waals surface area contributed by atoms with Gasteiger partial charge in [-0.2, -0.15) is 5.10 Å². The highest BCUT2D eigenvalue weighted by Gasteiger charge is 2.22. The van der Waals surface area contributed by atoms with E-state index in [-0.39, 0.29) is 0 Å². The summed E-state index contributed by atoms with van der Waals surface area (Å²) in [5, 5.41) is 14.4. The third kappa shape index (κ3) is 2.11. The van der Waals surface area contributed by atoms with Crippen LogP contribution in [0.3, 0.4) is 0 Å². The highest BCUT2D eigenvalue weighted by Crippen LogP contribution is 2.25. The highest BCUT2D eigenvalue weighted by atomic mass is 16.3. The zero-order valence-electron chi connectivity index (χ0n) is 10.7. The van der Waals surface area contributed by atoms with Crippen molar-refractivity contribution < 1.29 is 5.11 Å². The van der Waals surface area contributed by atoms with E-state index < -0.39 is 5.60 Å². The summed E-state index contributed by atoms with van der Waals surface area (Å²) in [5.41, 5.74) is 3.21. The molecule has 0 aliphatic carbocycles. The van der Waals surface area contributed by atoms with Crippen LogP contribution in [0.4, 0.5) is 0 Å². The van der Waals surface area contributed by atoms with Crippen LogP contribution in [-0.2, 0) is 5.60 Å². The van der Waals surface area contributed by atoms with Gasteiger partial charge in [0.2, 0.25) is 0 Å². The van der Waals surface area contributed by atoms with Crippen LogP contribution in [0.2, 0.25) is 0 Å². The van der Waals surface area contributed by atoms with Gasteiger partial charge in [0.25, 0.3) is 0 Å². The smallest absolute Gasteiger partial charge is 0.0873 e. The van der Waals surface area contributed by atoms with Gasteiger partial charge in [0, 0.05) is 11.3 Å². The Morgan fingerprint density at radius 1 is 1.18 bits per heavy atom. The summed E-state index contributed by atoms with van der Waals surface area (Å²) < 4.78 is 1.88. The largest absolute Gasteiger partial charge is 0.386 e. The van der Waals surface area contributed by atoms with E-state index in [0.717, 1.165) is 16.9 Å². The fourth-order valence-electron chi connectivity index (χ4n) is 2.05. The predicted octanol–water partition coefficient (Wildman–Crippen LogP) is 2.72. The number of aliphatic hydroxyl groups is 1. The first kappa shape index (κ1) is 11.9. The summed E-state index contributed by atoms with van der Waals surface area (Å²) in [6.45, 7) is 7.59. The molecule has 3 nitrogen and oxygen atoms in total. The molecule has 1 heterocycles. The van der Waals surface area contributed by atoms with Gasteiger partial charge in [-0.15, -0.1) is 0 Å². The van der Waals surface area contributed by atoms with Crippen molar-refractivity contribution in [1.82, 2.24) is 9.78 Å². The fourth-order valence-corrected chi connectivity index (χ4v) is 2.05. The molecule has 1 N–H and O–H groups in total. The molecule has 0 aliphatic rings. The lowest BCUT2D eigenvalue weighted by molar-refractivity contribution is 0.0779. The minimum atomic E-state index is -0.856. The number of hydrogen-bond donors (Lipinski definition) is 1. The summed E-state index contributed by atoms with van der Waals surface area (Å²) in [6.07, 6.45) is 1.74. The van der Waals surface area contributed by atoms with Crippen LogP contribution in [0.15, 0.2) is 30.5 Å². The Balaban J connectivity index is 2.56. The van der Waals surface area contributed by atoms with E-state index in [1.165, 1.54) is 5.56 Å². The van der Waals surface area contributed by atoms with Crippen LogP contribution < -0.4 is 0 Å². The summed E-state index contributed by atoms with van der Waals surface area (Å²) >= 11 is 0. The molecular formula is C14H18N2O. The Bertz CT molecular complexity index is 535. The maximum atomic E-state index is 10.0. The lowest BCUT2D eigenvalue weighted by atomic mass is 9.99. The van der Waals surface area contributed by atoms with Crippen molar-refractivity contribution in [2.45, 2.75) is 33.3 Å². The molecule has 0 aliphatic heterocycles. The lowest BCUT2D eigenvalue weighted by Crippen LogP contribution is -2.16. The molecule has 0 fully saturated rings. The van der Waals surface area contributed by atoms with Gasteiger partial charge in [0.05, 0.1) is 17.5 Å². The minimum Gasteiger partial charge on any atom is -0.386 e. The molecule has 17 heavy (non-hydrogen) atoms. The van der Waals surface area contributed by atoms with Gasteiger partial charge in [-0.1, -0.05) is 18.2 Å². The van der Waals surface area contributed by atoms with E-state index in [9.17, 15) is 5.11 Å². The molecule has 0 bridgehead atoms. The number of aryl methyl sites for hydroxylation is 1. The molecule has 90 valence electrons. The first-order valence-electron chi connectivity index (χ1n) is 5.75. The van der Waals surface area contributed by atoms with Crippen molar-refractivity contribution in [3.8, 4) is 5.69 Å². The van der Waals surface area contributed by atoms with Crippen LogP contribution in [0.5, 0.6) is 0 Å². The first-order chi connectivity index (χ1) is 7.91. The maximum Gasteiger partial charge on any atom is 0.0873 e. The summed E-state index contributed by atoms with van der Waals surface area (Å²) in [6, 6.07) is 8.09. The van der Waals surface area contributed by atoms with Gasteiger partial charge in [-0.05, 0) is 39.3 Å². The summed E-state index contributed by atoms with van der Waals surface area (Å²) in [7, 11) is 0. The zero-order chi connectivity index (χ0) is 12.6. The molecule has 1 aromatic carbocycles. The monoisotopic (exact) mass is 230 g/mol. The van der Waals surface area contributed by atoms with Gasteiger partial charge in [0.1, 0.15) is 0 Å². The summed E-state index contributed by atoms with van der Waals surface area (Å²) in [4.78, 5) is 0. The number of benzene rings is 1. The van der Waals surface area contributed by atoms with Gasteiger partial charge >= 0.3 is 0 Å². The van der Waals surface area contributed by atoms with Crippen molar-refractivity contribution in [3.63, 3.8) is 0 Å². The second-order valence-corrected chi connectivity index (χ2v) is 4.90. The Kier molecular flexibility index (Phi) is 2.79. The second kappa shape index (κ2) is 4.00. The van der Waals surface area contributed by atoms with Crippen LogP contribution in [-0.4, -0.2) is 14.9 Å². The number of rotatable bonds is 2. The fraction of sp³-hybridized carbons (Fsp3) is 0.357. The Morgan fingerprint density at radius 3 is 2.35 bits per heavy atom. The third-order valence-corrected chi connectivity index (χ3v) is 3.01. The average molecular weight is 230 g/mol. The van der Waals surface area contributed by atoms with E-state index in [1.54, 1.807) is 20.0 Å². The molecule has 2 rings (SSSR count). The summed E-state index contributed by atoms with van der Waals surface area (Å²) in [5.74, 6) is 0. The molecular weight excluding hydrogens is 212 g/mol. The highest BCUT2D eigenvalue weighted by molar-refractivity contribution is 5.42. The van der Waals surface area contributed by atoms with E-state index in [4.69, 9.17) is 0 Å². The first-order valence-corrected chi connectivity index (χ1v) is 5.75. The molecule has 0 radical (unpaired) electrons. The average Bonchev–Trinajstić information content (AvgIpc) is 2.60. The molecule has 0 saturated heterocycles. The van der Waals surface area contributed by atoms with Crippen LogP contribution >= 0.6 is 0 Å². The van der Waals surface area contributed by atoms with Crippen molar-refractivity contribution in [2.75, 3.05) is 0 Å². The van der Waals surface area contributed by atoms with Crippen molar-refractivity contribution in [2.24, 2.45) is 0 Å². The quantitative estimate of drug-likeness (QED) is 0.861. The molecule has 0 spiro atoms. The zero-order valence-corrected chi connectivity index (χ0v) is 10.7. The topological polar surface area (TPSA) is 38.0 Å². The lowest BCUT2D eigenvalue weighted by Gasteiger charge is -2.17. The van der Waals surface area contributed by atoms with E-state index >= 15 is 0 Å². The molecule has 0 amide bonds. The van der Waals surface area contributed by atoms with Gasteiger partial charge < -0.3 is 5.11 Å². The normalized spacial score (nSPS) is 11.8. The van der Waals surface area contributed by atoms with Crippen molar-refractivity contribution >= 4 is 0 Å². The number of aromatic nitrogens is 2. The minimum absolute atomic E-state index is 0.856. The van der Waals surface area contributed by atoms with Gasteiger partial charge in [0.15, 0.2) is 0 Å². The predicted molar refractivity (Wildman–Crippen MR) is 68.3 cm³/mol. The Labute approximate surface area is 102 Å². The van der Waals surface area contributed by atoms with Crippen LogP contribution in [0.1, 0.15) is 30.7 Å². The molecule has 0 unspecified atom stereocenters. The SMILES string of the molecule is Cc1ccccc1-n1ncc(C(C)(C)O)c1C. The molecule has 3 heteroatoms. The third-order valence-electron chi connectivity index (χ3n) is 3.01.